The number of aromatic nitrogens is 1. The van der Waals surface area contributed by atoms with Crippen molar-refractivity contribution in [2.45, 2.75) is 20.3 Å². The standard InChI is InChI=1S/C16H16N2O/c1-3-8-19-16-11-18-15(9-13(16)10-17)14-7-5-4-6-12(14)2/h4-7,9,11H,3,8H2,1-2H3. The number of ether oxygens (including phenoxy) is 1. The van der Waals surface area contributed by atoms with Crippen LogP contribution in [-0.4, -0.2) is 11.6 Å². The van der Waals surface area contributed by atoms with Crippen LogP contribution in [0.2, 0.25) is 0 Å². The van der Waals surface area contributed by atoms with E-state index >= 15 is 0 Å². The molecule has 3 heteroatoms. The van der Waals surface area contributed by atoms with Crippen molar-refractivity contribution in [3.05, 3.63) is 47.7 Å². The number of nitrogens with zero attached hydrogens (tertiary/aromatic N) is 2. The molecule has 0 aliphatic carbocycles. The van der Waals surface area contributed by atoms with E-state index in [1.165, 1.54) is 0 Å². The highest BCUT2D eigenvalue weighted by Crippen LogP contribution is 2.25. The van der Waals surface area contributed by atoms with Crippen LogP contribution >= 0.6 is 0 Å². The second-order valence-electron chi connectivity index (χ2n) is 4.34. The van der Waals surface area contributed by atoms with Gasteiger partial charge in [0.15, 0.2) is 5.75 Å². The zero-order valence-electron chi connectivity index (χ0n) is 11.2. The minimum absolute atomic E-state index is 0.529. The van der Waals surface area contributed by atoms with E-state index in [0.29, 0.717) is 17.9 Å². The van der Waals surface area contributed by atoms with Crippen molar-refractivity contribution in [1.29, 1.82) is 5.26 Å². The van der Waals surface area contributed by atoms with Gasteiger partial charge >= 0.3 is 0 Å². The summed E-state index contributed by atoms with van der Waals surface area (Å²) >= 11 is 0. The summed E-state index contributed by atoms with van der Waals surface area (Å²) in [7, 11) is 0. The van der Waals surface area contributed by atoms with Gasteiger partial charge in [-0.25, -0.2) is 0 Å². The third-order valence-electron chi connectivity index (χ3n) is 2.87. The van der Waals surface area contributed by atoms with Gasteiger partial charge in [-0.2, -0.15) is 5.26 Å². The van der Waals surface area contributed by atoms with E-state index in [1.54, 1.807) is 12.3 Å². The Morgan fingerprint density at radius 2 is 2.11 bits per heavy atom. The smallest absolute Gasteiger partial charge is 0.155 e. The zero-order chi connectivity index (χ0) is 13.7. The molecule has 0 fully saturated rings. The predicted octanol–water partition coefficient (Wildman–Crippen LogP) is 3.72. The molecule has 0 aliphatic rings. The molecule has 0 amide bonds. The minimum atomic E-state index is 0.529. The van der Waals surface area contributed by atoms with Crippen molar-refractivity contribution in [3.8, 4) is 23.1 Å². The van der Waals surface area contributed by atoms with Crippen LogP contribution in [0.1, 0.15) is 24.5 Å². The first kappa shape index (κ1) is 13.1. The molecule has 0 N–H and O–H groups in total. The van der Waals surface area contributed by atoms with Crippen molar-refractivity contribution < 1.29 is 4.74 Å². The van der Waals surface area contributed by atoms with Gasteiger partial charge in [-0.05, 0) is 25.0 Å². The van der Waals surface area contributed by atoms with E-state index in [9.17, 15) is 5.26 Å². The Kier molecular flexibility index (Phi) is 4.15. The van der Waals surface area contributed by atoms with E-state index in [0.717, 1.165) is 23.2 Å². The van der Waals surface area contributed by atoms with Gasteiger partial charge in [0.1, 0.15) is 6.07 Å². The molecule has 3 nitrogen and oxygen atoms in total. The van der Waals surface area contributed by atoms with Crippen LogP contribution in [-0.2, 0) is 0 Å². The van der Waals surface area contributed by atoms with Crippen LogP contribution in [0.4, 0.5) is 0 Å². The molecule has 0 saturated carbocycles. The van der Waals surface area contributed by atoms with Crippen LogP contribution in [0.5, 0.6) is 5.75 Å². The first-order valence-corrected chi connectivity index (χ1v) is 6.35. The molecule has 96 valence electrons. The average Bonchev–Trinajstić information content (AvgIpc) is 2.45. The van der Waals surface area contributed by atoms with Crippen molar-refractivity contribution in [2.24, 2.45) is 0 Å². The van der Waals surface area contributed by atoms with Gasteiger partial charge in [0.25, 0.3) is 0 Å². The summed E-state index contributed by atoms with van der Waals surface area (Å²) in [4.78, 5) is 4.40. The summed E-state index contributed by atoms with van der Waals surface area (Å²) < 4.78 is 5.51. The van der Waals surface area contributed by atoms with Gasteiger partial charge in [-0.15, -0.1) is 0 Å². The van der Waals surface area contributed by atoms with Gasteiger partial charge in [-0.1, -0.05) is 31.2 Å². The lowest BCUT2D eigenvalue weighted by Gasteiger charge is -2.09. The fourth-order valence-electron chi connectivity index (χ4n) is 1.86. The molecule has 0 radical (unpaired) electrons. The van der Waals surface area contributed by atoms with Crippen LogP contribution < -0.4 is 4.74 Å². The number of nitriles is 1. The van der Waals surface area contributed by atoms with Gasteiger partial charge in [0.05, 0.1) is 24.1 Å². The topological polar surface area (TPSA) is 45.9 Å². The maximum atomic E-state index is 9.20. The summed E-state index contributed by atoms with van der Waals surface area (Å²) in [5.74, 6) is 0.557. The van der Waals surface area contributed by atoms with Gasteiger partial charge in [0.2, 0.25) is 0 Å². The second kappa shape index (κ2) is 6.01. The molecule has 0 unspecified atom stereocenters. The Bertz CT molecular complexity index is 614. The third-order valence-corrected chi connectivity index (χ3v) is 2.87. The molecule has 0 aliphatic heterocycles. The van der Waals surface area contributed by atoms with Crippen LogP contribution in [0.15, 0.2) is 36.5 Å². The Labute approximate surface area is 113 Å². The summed E-state index contributed by atoms with van der Waals surface area (Å²) in [6.07, 6.45) is 2.54. The Morgan fingerprint density at radius 1 is 1.32 bits per heavy atom. The average molecular weight is 252 g/mol. The highest BCUT2D eigenvalue weighted by molar-refractivity contribution is 5.65. The Balaban J connectivity index is 2.40. The maximum Gasteiger partial charge on any atom is 0.155 e. The Hall–Kier alpha value is -2.34. The third kappa shape index (κ3) is 2.92. The fourth-order valence-corrected chi connectivity index (χ4v) is 1.86. The quantitative estimate of drug-likeness (QED) is 0.833. The SMILES string of the molecule is CCCOc1cnc(-c2ccccc2C)cc1C#N. The van der Waals surface area contributed by atoms with E-state index in [4.69, 9.17) is 4.74 Å². The fraction of sp³-hybridized carbons (Fsp3) is 0.250. The van der Waals surface area contributed by atoms with Gasteiger partial charge in [0, 0.05) is 5.56 Å². The maximum absolute atomic E-state index is 9.20. The largest absolute Gasteiger partial charge is 0.491 e. The Morgan fingerprint density at radius 3 is 2.79 bits per heavy atom. The molecule has 19 heavy (non-hydrogen) atoms. The van der Waals surface area contributed by atoms with Crippen molar-refractivity contribution in [1.82, 2.24) is 4.98 Å². The lowest BCUT2D eigenvalue weighted by atomic mass is 10.0. The number of hydrogen-bond acceptors (Lipinski definition) is 3. The number of rotatable bonds is 4. The van der Waals surface area contributed by atoms with E-state index in [1.807, 2.05) is 38.1 Å². The molecule has 1 aromatic heterocycles. The monoisotopic (exact) mass is 252 g/mol. The van der Waals surface area contributed by atoms with Crippen molar-refractivity contribution in [2.75, 3.05) is 6.61 Å². The summed E-state index contributed by atoms with van der Waals surface area (Å²) in [5.41, 5.74) is 3.52. The molecule has 0 saturated heterocycles. The molecule has 1 aromatic carbocycles. The first-order chi connectivity index (χ1) is 9.26. The van der Waals surface area contributed by atoms with Crippen molar-refractivity contribution in [3.63, 3.8) is 0 Å². The van der Waals surface area contributed by atoms with E-state index in [2.05, 4.69) is 11.1 Å². The number of hydrogen-bond donors (Lipinski definition) is 0. The number of pyridine rings is 1. The van der Waals surface area contributed by atoms with Gasteiger partial charge in [-0.3, -0.25) is 4.98 Å². The first-order valence-electron chi connectivity index (χ1n) is 6.35. The highest BCUT2D eigenvalue weighted by Gasteiger charge is 2.08. The number of aryl methyl sites for hydroxylation is 1. The summed E-state index contributed by atoms with van der Waals surface area (Å²) in [6, 6.07) is 12.0. The van der Waals surface area contributed by atoms with Crippen LogP contribution in [0.3, 0.4) is 0 Å². The lowest BCUT2D eigenvalue weighted by molar-refractivity contribution is 0.315. The molecule has 0 spiro atoms. The number of benzene rings is 1. The van der Waals surface area contributed by atoms with E-state index in [-0.39, 0.29) is 0 Å². The molecule has 0 bridgehead atoms. The van der Waals surface area contributed by atoms with Crippen LogP contribution in [0, 0.1) is 18.3 Å². The van der Waals surface area contributed by atoms with Crippen LogP contribution in [0.25, 0.3) is 11.3 Å². The predicted molar refractivity (Wildman–Crippen MR) is 74.9 cm³/mol. The molecule has 0 atom stereocenters. The minimum Gasteiger partial charge on any atom is -0.491 e. The molecule has 2 rings (SSSR count). The molecular weight excluding hydrogens is 236 g/mol. The highest BCUT2D eigenvalue weighted by atomic mass is 16.5. The van der Waals surface area contributed by atoms with Crippen molar-refractivity contribution >= 4 is 0 Å². The van der Waals surface area contributed by atoms with E-state index < -0.39 is 0 Å². The molecule has 1 heterocycles. The summed E-state index contributed by atoms with van der Waals surface area (Å²) in [6.45, 7) is 4.66. The lowest BCUT2D eigenvalue weighted by Crippen LogP contribution is -1.99. The van der Waals surface area contributed by atoms with Gasteiger partial charge < -0.3 is 4.74 Å². The zero-order valence-corrected chi connectivity index (χ0v) is 11.2. The molecular formula is C16H16N2O. The molecule has 2 aromatic rings. The normalized spacial score (nSPS) is 9.95. The second-order valence-corrected chi connectivity index (χ2v) is 4.34. The summed E-state index contributed by atoms with van der Waals surface area (Å²) in [5, 5.41) is 9.20.